The van der Waals surface area contributed by atoms with Crippen LogP contribution in [0.5, 0.6) is 0 Å². The summed E-state index contributed by atoms with van der Waals surface area (Å²) in [6.07, 6.45) is 3.56. The number of nitrogens with one attached hydrogen (secondary N) is 1. The lowest BCUT2D eigenvalue weighted by atomic mass is 10.3. The number of nitrogens with zero attached hydrogens (tertiary/aromatic N) is 3. The number of carbonyl (C=O) groups excluding carboxylic acids is 1. The van der Waals surface area contributed by atoms with E-state index in [2.05, 4.69) is 15.5 Å². The number of fused-ring (bicyclic) bond motifs is 1. The van der Waals surface area contributed by atoms with Crippen LogP contribution < -0.4 is 10.2 Å². The highest BCUT2D eigenvalue weighted by Crippen LogP contribution is 2.17. The first-order valence-electron chi connectivity index (χ1n) is 6.58. The molecule has 0 saturated carbocycles. The molecule has 0 spiro atoms. The number of aryl methyl sites for hydroxylation is 1. The summed E-state index contributed by atoms with van der Waals surface area (Å²) < 4.78 is 3.09. The zero-order valence-corrected chi connectivity index (χ0v) is 13.7. The van der Waals surface area contributed by atoms with Crippen molar-refractivity contribution in [2.75, 3.05) is 6.26 Å². The molecular weight excluding hydrogens is 316 g/mol. The minimum absolute atomic E-state index is 0.255. The van der Waals surface area contributed by atoms with Crippen LogP contribution in [-0.2, 0) is 7.05 Å². The van der Waals surface area contributed by atoms with Gasteiger partial charge in [0.2, 0.25) is 4.80 Å². The highest BCUT2D eigenvalue weighted by Gasteiger charge is 2.11. The van der Waals surface area contributed by atoms with Crippen LogP contribution in [0.15, 0.2) is 52.7 Å². The number of hydrogen-bond acceptors (Lipinski definition) is 5. The number of thioether (sulfide) groups is 1. The first kappa shape index (κ1) is 14.8. The van der Waals surface area contributed by atoms with Crippen LogP contribution in [0.1, 0.15) is 10.4 Å². The maximum absolute atomic E-state index is 12.3. The lowest BCUT2D eigenvalue weighted by Gasteiger charge is -2.03. The van der Waals surface area contributed by atoms with Gasteiger partial charge in [-0.15, -0.1) is 16.9 Å². The van der Waals surface area contributed by atoms with Crippen LogP contribution >= 0.6 is 23.1 Å². The molecule has 5 nitrogen and oxygen atoms in total. The molecule has 2 aromatic heterocycles. The Balaban J connectivity index is 1.92. The molecule has 0 unspecified atom stereocenters. The van der Waals surface area contributed by atoms with Crippen LogP contribution in [0.25, 0.3) is 10.2 Å². The third-order valence-corrected chi connectivity index (χ3v) is 5.00. The van der Waals surface area contributed by atoms with E-state index in [0.29, 0.717) is 10.6 Å². The normalized spacial score (nSPS) is 11.8. The van der Waals surface area contributed by atoms with Gasteiger partial charge in [0.05, 0.1) is 15.8 Å². The molecule has 7 heteroatoms. The SMILES string of the molecule is CSc1ncccc1C(=O)N/N=c1\sc2ccccc2n1C. The maximum Gasteiger partial charge on any atom is 0.274 e. The highest BCUT2D eigenvalue weighted by molar-refractivity contribution is 7.98. The number of thiazole rings is 1. The predicted octanol–water partition coefficient (Wildman–Crippen LogP) is 2.60. The first-order valence-corrected chi connectivity index (χ1v) is 8.62. The topological polar surface area (TPSA) is 59.3 Å². The smallest absolute Gasteiger partial charge is 0.274 e. The van der Waals surface area contributed by atoms with Gasteiger partial charge in [-0.3, -0.25) is 4.79 Å². The molecule has 3 aromatic rings. The van der Waals surface area contributed by atoms with E-state index in [1.165, 1.54) is 23.1 Å². The summed E-state index contributed by atoms with van der Waals surface area (Å²) in [5.74, 6) is -0.255. The second-order valence-corrected chi connectivity index (χ2v) is 6.33. The van der Waals surface area contributed by atoms with E-state index < -0.39 is 0 Å². The molecule has 0 saturated heterocycles. The number of rotatable bonds is 3. The number of para-hydroxylation sites is 1. The molecule has 0 bridgehead atoms. The Kier molecular flexibility index (Phi) is 4.26. The van der Waals surface area contributed by atoms with E-state index in [0.717, 1.165) is 15.0 Å². The number of pyridine rings is 1. The number of aromatic nitrogens is 2. The van der Waals surface area contributed by atoms with Crippen molar-refractivity contribution in [3.8, 4) is 0 Å². The second-order valence-electron chi connectivity index (χ2n) is 4.52. The van der Waals surface area contributed by atoms with E-state index in [-0.39, 0.29) is 5.91 Å². The monoisotopic (exact) mass is 330 g/mol. The van der Waals surface area contributed by atoms with Gasteiger partial charge in [-0.25, -0.2) is 10.4 Å². The Morgan fingerprint density at radius 2 is 2.14 bits per heavy atom. The number of carbonyl (C=O) groups is 1. The zero-order chi connectivity index (χ0) is 15.5. The minimum atomic E-state index is -0.255. The van der Waals surface area contributed by atoms with Crippen LogP contribution in [0.3, 0.4) is 0 Å². The molecule has 0 fully saturated rings. The van der Waals surface area contributed by atoms with Crippen molar-refractivity contribution in [3.63, 3.8) is 0 Å². The molecule has 1 N–H and O–H groups in total. The third-order valence-electron chi connectivity index (χ3n) is 3.18. The van der Waals surface area contributed by atoms with Crippen molar-refractivity contribution in [3.05, 3.63) is 53.0 Å². The van der Waals surface area contributed by atoms with E-state index in [1.54, 1.807) is 18.3 Å². The Morgan fingerprint density at radius 3 is 2.91 bits per heavy atom. The first-order chi connectivity index (χ1) is 10.7. The van der Waals surface area contributed by atoms with Crippen LogP contribution in [0.2, 0.25) is 0 Å². The molecule has 22 heavy (non-hydrogen) atoms. The Hall–Kier alpha value is -2.12. The second kappa shape index (κ2) is 6.33. The summed E-state index contributed by atoms with van der Waals surface area (Å²) >= 11 is 2.97. The van der Waals surface area contributed by atoms with Crippen LogP contribution in [0, 0.1) is 0 Å². The van der Waals surface area contributed by atoms with E-state index in [4.69, 9.17) is 0 Å². The standard InChI is InChI=1S/C15H14N4OS2/c1-19-11-7-3-4-8-12(11)22-15(19)18-17-13(20)10-6-5-9-16-14(10)21-2/h3-9H,1-2H3,(H,17,20)/b18-15-. The molecule has 0 aliphatic rings. The van der Waals surface area contributed by atoms with Crippen molar-refractivity contribution in [2.45, 2.75) is 5.03 Å². The Bertz CT molecular complexity index is 898. The molecular formula is C15H14N4OS2. The summed E-state index contributed by atoms with van der Waals surface area (Å²) in [7, 11) is 1.93. The molecule has 112 valence electrons. The quantitative estimate of drug-likeness (QED) is 0.593. The zero-order valence-electron chi connectivity index (χ0n) is 12.1. The maximum atomic E-state index is 12.3. The largest absolute Gasteiger partial charge is 0.318 e. The lowest BCUT2D eigenvalue weighted by molar-refractivity contribution is 0.0949. The molecule has 0 aliphatic heterocycles. The summed E-state index contributed by atoms with van der Waals surface area (Å²) in [4.78, 5) is 17.2. The van der Waals surface area contributed by atoms with Gasteiger partial charge in [0, 0.05) is 13.2 Å². The van der Waals surface area contributed by atoms with Gasteiger partial charge in [0.15, 0.2) is 0 Å². The summed E-state index contributed by atoms with van der Waals surface area (Å²) in [6.45, 7) is 0. The number of hydrogen-bond donors (Lipinski definition) is 1. The highest BCUT2D eigenvalue weighted by atomic mass is 32.2. The summed E-state index contributed by atoms with van der Waals surface area (Å²) in [5.41, 5.74) is 4.23. The van der Waals surface area contributed by atoms with Gasteiger partial charge in [0.1, 0.15) is 5.03 Å². The summed E-state index contributed by atoms with van der Waals surface area (Å²) in [6, 6.07) is 11.5. The average molecular weight is 330 g/mol. The average Bonchev–Trinajstić information content (AvgIpc) is 2.89. The van der Waals surface area contributed by atoms with Gasteiger partial charge < -0.3 is 4.57 Å². The summed E-state index contributed by atoms with van der Waals surface area (Å²) in [5, 5.41) is 4.93. The van der Waals surface area contributed by atoms with Crippen molar-refractivity contribution in [1.29, 1.82) is 0 Å². The van der Waals surface area contributed by atoms with Gasteiger partial charge in [0.25, 0.3) is 5.91 Å². The molecule has 0 atom stereocenters. The van der Waals surface area contributed by atoms with E-state index in [1.807, 2.05) is 42.1 Å². The fraction of sp³-hybridized carbons (Fsp3) is 0.133. The van der Waals surface area contributed by atoms with E-state index >= 15 is 0 Å². The van der Waals surface area contributed by atoms with Crippen LogP contribution in [0.4, 0.5) is 0 Å². The van der Waals surface area contributed by atoms with Crippen LogP contribution in [-0.4, -0.2) is 21.7 Å². The van der Waals surface area contributed by atoms with Gasteiger partial charge in [-0.2, -0.15) is 0 Å². The van der Waals surface area contributed by atoms with Gasteiger partial charge in [-0.05, 0) is 30.5 Å². The minimum Gasteiger partial charge on any atom is -0.318 e. The fourth-order valence-electron chi connectivity index (χ4n) is 2.07. The Labute approximate surface area is 135 Å². The number of benzene rings is 1. The Morgan fingerprint density at radius 1 is 1.32 bits per heavy atom. The number of amides is 1. The van der Waals surface area contributed by atoms with Crippen molar-refractivity contribution in [1.82, 2.24) is 15.0 Å². The van der Waals surface area contributed by atoms with Gasteiger partial charge in [-0.1, -0.05) is 23.5 Å². The molecule has 3 rings (SSSR count). The lowest BCUT2D eigenvalue weighted by Crippen LogP contribution is -2.23. The molecule has 0 aliphatic carbocycles. The predicted molar refractivity (Wildman–Crippen MR) is 89.8 cm³/mol. The fourth-order valence-corrected chi connectivity index (χ4v) is 3.60. The van der Waals surface area contributed by atoms with Gasteiger partial charge >= 0.3 is 0 Å². The van der Waals surface area contributed by atoms with E-state index in [9.17, 15) is 4.79 Å². The van der Waals surface area contributed by atoms with Crippen molar-refractivity contribution >= 4 is 39.2 Å². The van der Waals surface area contributed by atoms with Crippen molar-refractivity contribution < 1.29 is 4.79 Å². The third kappa shape index (κ3) is 2.77. The molecule has 0 radical (unpaired) electrons. The molecule has 2 heterocycles. The molecule has 1 aromatic carbocycles. The van der Waals surface area contributed by atoms with Crippen molar-refractivity contribution in [2.24, 2.45) is 12.1 Å². The molecule has 1 amide bonds.